The summed E-state index contributed by atoms with van der Waals surface area (Å²) in [4.78, 5) is 28.0. The van der Waals surface area contributed by atoms with E-state index in [1.807, 2.05) is 19.1 Å². The number of aryl methyl sites for hydroxylation is 1. The first kappa shape index (κ1) is 17.6. The second-order valence-corrected chi connectivity index (χ2v) is 5.82. The molecule has 0 unspecified atom stereocenters. The molecule has 0 bridgehead atoms. The lowest BCUT2D eigenvalue weighted by Crippen LogP contribution is -2.30. The molecule has 0 spiro atoms. The summed E-state index contributed by atoms with van der Waals surface area (Å²) in [5, 5.41) is 2.65. The number of carbonyl (C=O) groups is 2. The highest BCUT2D eigenvalue weighted by Gasteiger charge is 2.14. The number of imidazole rings is 1. The number of benzene rings is 1. The third-order valence-electron chi connectivity index (χ3n) is 3.89. The van der Waals surface area contributed by atoms with Gasteiger partial charge in [-0.05, 0) is 43.2 Å². The summed E-state index contributed by atoms with van der Waals surface area (Å²) in [6, 6.07) is 11.6. The van der Waals surface area contributed by atoms with Crippen LogP contribution in [0.4, 0.5) is 4.39 Å². The summed E-state index contributed by atoms with van der Waals surface area (Å²) in [5.41, 5.74) is 2.63. The third kappa shape index (κ3) is 4.24. The van der Waals surface area contributed by atoms with Crippen molar-refractivity contribution in [1.82, 2.24) is 14.7 Å². The lowest BCUT2D eigenvalue weighted by molar-refractivity contribution is -0.124. The molecular weight excluding hydrogens is 337 g/mol. The maximum Gasteiger partial charge on any atom is 0.359 e. The number of esters is 1. The zero-order chi connectivity index (χ0) is 18.5. The number of fused-ring (bicyclic) bond motifs is 1. The molecule has 134 valence electrons. The molecule has 1 amide bonds. The molecule has 0 atom stereocenters. The van der Waals surface area contributed by atoms with E-state index >= 15 is 0 Å². The highest BCUT2D eigenvalue weighted by molar-refractivity contribution is 5.90. The lowest BCUT2D eigenvalue weighted by Gasteiger charge is -2.06. The maximum atomic E-state index is 12.8. The van der Waals surface area contributed by atoms with Gasteiger partial charge in [-0.2, -0.15) is 0 Å². The van der Waals surface area contributed by atoms with Gasteiger partial charge >= 0.3 is 5.97 Å². The Bertz CT molecular complexity index is 935. The number of halogens is 1. The van der Waals surface area contributed by atoms with E-state index in [2.05, 4.69) is 10.3 Å². The van der Waals surface area contributed by atoms with Crippen LogP contribution in [0.3, 0.4) is 0 Å². The molecule has 0 saturated carbocycles. The molecule has 6 nitrogen and oxygen atoms in total. The van der Waals surface area contributed by atoms with Gasteiger partial charge in [-0.1, -0.05) is 18.2 Å². The normalized spacial score (nSPS) is 10.7. The van der Waals surface area contributed by atoms with Crippen molar-refractivity contribution in [2.45, 2.75) is 13.3 Å². The molecule has 3 aromatic rings. The van der Waals surface area contributed by atoms with Gasteiger partial charge in [0.25, 0.3) is 5.91 Å². The summed E-state index contributed by atoms with van der Waals surface area (Å²) in [6.45, 7) is 1.89. The molecule has 0 fully saturated rings. The number of nitrogens with one attached hydrogen (secondary N) is 1. The number of rotatable bonds is 6. The Balaban J connectivity index is 1.46. The first-order valence-corrected chi connectivity index (χ1v) is 8.16. The molecule has 26 heavy (non-hydrogen) atoms. The van der Waals surface area contributed by atoms with Crippen LogP contribution in [0.25, 0.3) is 5.65 Å². The second-order valence-electron chi connectivity index (χ2n) is 5.82. The van der Waals surface area contributed by atoms with Gasteiger partial charge in [0.15, 0.2) is 12.3 Å². The molecule has 0 aliphatic carbocycles. The molecule has 2 heterocycles. The Morgan fingerprint density at radius 3 is 2.69 bits per heavy atom. The van der Waals surface area contributed by atoms with Crippen LogP contribution in [0.5, 0.6) is 0 Å². The van der Waals surface area contributed by atoms with Crippen molar-refractivity contribution in [3.8, 4) is 0 Å². The van der Waals surface area contributed by atoms with E-state index in [1.54, 1.807) is 28.8 Å². The van der Waals surface area contributed by atoms with Crippen molar-refractivity contribution in [3.63, 3.8) is 0 Å². The average molecular weight is 355 g/mol. The number of aromatic nitrogens is 2. The first-order chi connectivity index (χ1) is 12.5. The zero-order valence-corrected chi connectivity index (χ0v) is 14.2. The van der Waals surface area contributed by atoms with E-state index in [0.717, 1.165) is 11.3 Å². The summed E-state index contributed by atoms with van der Waals surface area (Å²) in [7, 11) is 0. The summed E-state index contributed by atoms with van der Waals surface area (Å²) >= 11 is 0. The van der Waals surface area contributed by atoms with E-state index < -0.39 is 11.9 Å². The number of pyridine rings is 1. The minimum Gasteiger partial charge on any atom is -0.451 e. The molecule has 0 aliphatic rings. The van der Waals surface area contributed by atoms with E-state index in [1.165, 1.54) is 12.1 Å². The largest absolute Gasteiger partial charge is 0.451 e. The van der Waals surface area contributed by atoms with Gasteiger partial charge in [-0.15, -0.1) is 0 Å². The number of ether oxygens (including phenoxy) is 1. The Morgan fingerprint density at radius 1 is 1.19 bits per heavy atom. The molecule has 3 rings (SSSR count). The molecule has 1 aromatic carbocycles. The highest BCUT2D eigenvalue weighted by Crippen LogP contribution is 2.09. The molecule has 7 heteroatoms. The molecule has 0 aliphatic heterocycles. The fraction of sp³-hybridized carbons (Fsp3) is 0.211. The van der Waals surface area contributed by atoms with Crippen LogP contribution in [0, 0.1) is 12.7 Å². The smallest absolute Gasteiger partial charge is 0.359 e. The minimum absolute atomic E-state index is 0.151. The van der Waals surface area contributed by atoms with Gasteiger partial charge < -0.3 is 14.5 Å². The van der Waals surface area contributed by atoms with Gasteiger partial charge in [0.2, 0.25) is 0 Å². The minimum atomic E-state index is -0.651. The maximum absolute atomic E-state index is 12.8. The Morgan fingerprint density at radius 2 is 1.96 bits per heavy atom. The van der Waals surface area contributed by atoms with Crippen molar-refractivity contribution in [2.24, 2.45) is 0 Å². The predicted molar refractivity (Wildman–Crippen MR) is 93.3 cm³/mol. The Labute approximate surface area is 149 Å². The van der Waals surface area contributed by atoms with Crippen LogP contribution in [0.2, 0.25) is 0 Å². The molecule has 0 radical (unpaired) electrons. The predicted octanol–water partition coefficient (Wildman–Crippen LogP) is 2.30. The van der Waals surface area contributed by atoms with Gasteiger partial charge in [0, 0.05) is 18.4 Å². The zero-order valence-electron chi connectivity index (χ0n) is 14.2. The fourth-order valence-electron chi connectivity index (χ4n) is 2.50. The van der Waals surface area contributed by atoms with E-state index in [9.17, 15) is 14.0 Å². The highest BCUT2D eigenvalue weighted by atomic mass is 19.1. The third-order valence-corrected chi connectivity index (χ3v) is 3.89. The van der Waals surface area contributed by atoms with Crippen LogP contribution >= 0.6 is 0 Å². The number of carbonyl (C=O) groups excluding carboxylic acids is 2. The summed E-state index contributed by atoms with van der Waals surface area (Å²) in [5.74, 6) is -1.35. The molecule has 1 N–H and O–H groups in total. The SMILES string of the molecule is Cc1cccc2nc(C(=O)OCC(=O)NCCc3ccc(F)cc3)cn12. The van der Waals surface area contributed by atoms with Crippen molar-refractivity contribution in [2.75, 3.05) is 13.2 Å². The van der Waals surface area contributed by atoms with Crippen LogP contribution in [0.15, 0.2) is 48.7 Å². The van der Waals surface area contributed by atoms with E-state index in [4.69, 9.17) is 4.74 Å². The van der Waals surface area contributed by atoms with Crippen molar-refractivity contribution >= 4 is 17.5 Å². The van der Waals surface area contributed by atoms with E-state index in [0.29, 0.717) is 18.6 Å². The van der Waals surface area contributed by atoms with Gasteiger partial charge in [-0.25, -0.2) is 14.2 Å². The molecule has 2 aromatic heterocycles. The Kier molecular flexibility index (Phi) is 5.26. The lowest BCUT2D eigenvalue weighted by atomic mass is 10.1. The van der Waals surface area contributed by atoms with E-state index in [-0.39, 0.29) is 18.1 Å². The fourth-order valence-corrected chi connectivity index (χ4v) is 2.50. The quantitative estimate of drug-likeness (QED) is 0.689. The molecular formula is C19H18FN3O3. The average Bonchev–Trinajstić information content (AvgIpc) is 3.07. The monoisotopic (exact) mass is 355 g/mol. The molecule has 0 saturated heterocycles. The van der Waals surface area contributed by atoms with Crippen LogP contribution < -0.4 is 5.32 Å². The number of hydrogen-bond donors (Lipinski definition) is 1. The Hall–Kier alpha value is -3.22. The first-order valence-electron chi connectivity index (χ1n) is 8.16. The van der Waals surface area contributed by atoms with Crippen molar-refractivity contribution < 1.29 is 18.7 Å². The number of nitrogens with zero attached hydrogens (tertiary/aromatic N) is 2. The van der Waals surface area contributed by atoms with Gasteiger partial charge in [0.05, 0.1) is 0 Å². The summed E-state index contributed by atoms with van der Waals surface area (Å²) < 4.78 is 19.6. The van der Waals surface area contributed by atoms with Crippen LogP contribution in [0.1, 0.15) is 21.7 Å². The van der Waals surface area contributed by atoms with Crippen LogP contribution in [-0.4, -0.2) is 34.4 Å². The van der Waals surface area contributed by atoms with Crippen molar-refractivity contribution in [1.29, 1.82) is 0 Å². The van der Waals surface area contributed by atoms with Gasteiger partial charge in [-0.3, -0.25) is 4.79 Å². The summed E-state index contributed by atoms with van der Waals surface area (Å²) in [6.07, 6.45) is 2.14. The standard InChI is InChI=1S/C19H18FN3O3/c1-13-3-2-4-17-22-16(11-23(13)17)19(25)26-12-18(24)21-10-9-14-5-7-15(20)8-6-14/h2-8,11H,9-10,12H2,1H3,(H,21,24). The van der Waals surface area contributed by atoms with Gasteiger partial charge in [0.1, 0.15) is 11.5 Å². The number of hydrogen-bond acceptors (Lipinski definition) is 4. The second kappa shape index (κ2) is 7.77. The van der Waals surface area contributed by atoms with Crippen LogP contribution in [-0.2, 0) is 16.0 Å². The number of amides is 1. The van der Waals surface area contributed by atoms with Crippen molar-refractivity contribution in [3.05, 3.63) is 71.4 Å². The topological polar surface area (TPSA) is 72.7 Å².